The number of ether oxygens (including phenoxy) is 1. The van der Waals surface area contributed by atoms with Gasteiger partial charge in [-0.2, -0.15) is 0 Å². The van der Waals surface area contributed by atoms with Crippen molar-refractivity contribution in [2.24, 2.45) is 5.92 Å². The zero-order valence-corrected chi connectivity index (χ0v) is 23.9. The van der Waals surface area contributed by atoms with Crippen LogP contribution in [0.15, 0.2) is 54.6 Å². The van der Waals surface area contributed by atoms with Crippen molar-refractivity contribution >= 4 is 23.7 Å². The Hall–Kier alpha value is -3.72. The predicted octanol–water partition coefficient (Wildman–Crippen LogP) is 2.94. The number of hydrogen-bond donors (Lipinski definition) is 4. The molecule has 9 nitrogen and oxygen atoms in total. The molecule has 4 N–H and O–H groups in total. The molecular formula is C31H42N4O5. The Labute approximate surface area is 236 Å². The summed E-state index contributed by atoms with van der Waals surface area (Å²) in [7, 11) is 1.66. The second-order valence-corrected chi connectivity index (χ2v) is 10.6. The molecule has 0 spiro atoms. The average Bonchev–Trinajstić information content (AvgIpc) is 2.96. The molecule has 0 bridgehead atoms. The van der Waals surface area contributed by atoms with Gasteiger partial charge in [0.15, 0.2) is 0 Å². The lowest BCUT2D eigenvalue weighted by Gasteiger charge is -2.30. The topological polar surface area (TPSA) is 126 Å². The van der Waals surface area contributed by atoms with Crippen LogP contribution in [0.25, 0.3) is 0 Å². The van der Waals surface area contributed by atoms with Gasteiger partial charge in [-0.1, -0.05) is 68.4 Å². The summed E-state index contributed by atoms with van der Waals surface area (Å²) in [5, 5.41) is 11.5. The van der Waals surface area contributed by atoms with E-state index in [-0.39, 0.29) is 43.2 Å². The number of hydrogen-bond acceptors (Lipinski definition) is 6. The first-order valence-corrected chi connectivity index (χ1v) is 14.0. The first-order chi connectivity index (χ1) is 19.2. The standard InChI is InChI=1S/C31H42N4O5/c1-20(2)28(35-29(37)21(3)32-4)31(39)34-26(17-18-27(36)40-19-22-11-6-5-7-12-22)30(38)33-25-16-10-14-23-13-8-9-15-24(23)25/h5-9,11-13,15,20-21,25-26,28,32H,10,14,16-19H2,1-4H3,(H,33,38)(H,34,39)(H,35,37). The molecule has 0 radical (unpaired) electrons. The highest BCUT2D eigenvalue weighted by Crippen LogP contribution is 2.29. The van der Waals surface area contributed by atoms with Gasteiger partial charge in [0, 0.05) is 6.42 Å². The molecule has 3 rings (SSSR count). The van der Waals surface area contributed by atoms with Crippen LogP contribution in [0.5, 0.6) is 0 Å². The molecule has 9 heteroatoms. The summed E-state index contributed by atoms with van der Waals surface area (Å²) in [6.07, 6.45) is 2.69. The van der Waals surface area contributed by atoms with E-state index >= 15 is 0 Å². The van der Waals surface area contributed by atoms with E-state index in [0.717, 1.165) is 30.4 Å². The molecule has 0 fully saturated rings. The van der Waals surface area contributed by atoms with E-state index in [0.29, 0.717) is 0 Å². The molecule has 4 unspecified atom stereocenters. The average molecular weight is 551 g/mol. The first-order valence-electron chi connectivity index (χ1n) is 14.0. The van der Waals surface area contributed by atoms with Crippen molar-refractivity contribution < 1.29 is 23.9 Å². The maximum Gasteiger partial charge on any atom is 0.306 e. The number of esters is 1. The van der Waals surface area contributed by atoms with Crippen molar-refractivity contribution in [2.45, 2.75) is 83.6 Å². The van der Waals surface area contributed by atoms with Crippen molar-refractivity contribution in [2.75, 3.05) is 7.05 Å². The number of carbonyl (C=O) groups is 4. The van der Waals surface area contributed by atoms with Gasteiger partial charge in [0.2, 0.25) is 17.7 Å². The summed E-state index contributed by atoms with van der Waals surface area (Å²) in [6.45, 7) is 5.48. The Morgan fingerprint density at radius 2 is 1.60 bits per heavy atom. The first kappa shape index (κ1) is 30.8. The highest BCUT2D eigenvalue weighted by atomic mass is 16.5. The van der Waals surface area contributed by atoms with E-state index < -0.39 is 30.0 Å². The van der Waals surface area contributed by atoms with Crippen molar-refractivity contribution in [3.05, 3.63) is 71.3 Å². The summed E-state index contributed by atoms with van der Waals surface area (Å²) in [4.78, 5) is 51.9. The van der Waals surface area contributed by atoms with Gasteiger partial charge in [0.05, 0.1) is 12.1 Å². The molecule has 3 amide bonds. The smallest absolute Gasteiger partial charge is 0.306 e. The molecule has 1 aliphatic carbocycles. The van der Waals surface area contributed by atoms with E-state index in [9.17, 15) is 19.2 Å². The third-order valence-corrected chi connectivity index (χ3v) is 7.27. The van der Waals surface area contributed by atoms with Crippen LogP contribution in [0.3, 0.4) is 0 Å². The largest absolute Gasteiger partial charge is 0.461 e. The van der Waals surface area contributed by atoms with Crippen LogP contribution in [-0.2, 0) is 36.9 Å². The summed E-state index contributed by atoms with van der Waals surface area (Å²) in [5.74, 6) is -1.86. The molecule has 0 saturated carbocycles. The fraction of sp³-hybridized carbons (Fsp3) is 0.484. The maximum absolute atomic E-state index is 13.5. The van der Waals surface area contributed by atoms with Gasteiger partial charge in [-0.3, -0.25) is 19.2 Å². The van der Waals surface area contributed by atoms with Crippen LogP contribution in [0, 0.1) is 5.92 Å². The van der Waals surface area contributed by atoms with E-state index in [2.05, 4.69) is 27.3 Å². The lowest BCUT2D eigenvalue weighted by atomic mass is 9.87. The third kappa shape index (κ3) is 8.91. The van der Waals surface area contributed by atoms with E-state index in [1.165, 1.54) is 5.56 Å². The van der Waals surface area contributed by atoms with Crippen molar-refractivity contribution in [3.8, 4) is 0 Å². The van der Waals surface area contributed by atoms with Crippen molar-refractivity contribution in [1.82, 2.24) is 21.3 Å². The van der Waals surface area contributed by atoms with Crippen molar-refractivity contribution in [3.63, 3.8) is 0 Å². The summed E-state index contributed by atoms with van der Waals surface area (Å²) in [6, 6.07) is 14.9. The van der Waals surface area contributed by atoms with Gasteiger partial charge < -0.3 is 26.0 Å². The van der Waals surface area contributed by atoms with Gasteiger partial charge in [0.25, 0.3) is 0 Å². The molecule has 1 aliphatic rings. The molecule has 2 aromatic rings. The Morgan fingerprint density at radius 3 is 2.30 bits per heavy atom. The van der Waals surface area contributed by atoms with Crippen molar-refractivity contribution in [1.29, 1.82) is 0 Å². The summed E-state index contributed by atoms with van der Waals surface area (Å²) >= 11 is 0. The number of nitrogens with one attached hydrogen (secondary N) is 4. The van der Waals surface area contributed by atoms with Gasteiger partial charge in [-0.25, -0.2) is 0 Å². The number of carbonyl (C=O) groups excluding carboxylic acids is 4. The summed E-state index contributed by atoms with van der Waals surface area (Å²) in [5.41, 5.74) is 3.13. The van der Waals surface area contributed by atoms with Gasteiger partial charge >= 0.3 is 5.97 Å². The molecule has 0 aliphatic heterocycles. The molecule has 0 heterocycles. The van der Waals surface area contributed by atoms with Crippen LogP contribution in [0.4, 0.5) is 0 Å². The fourth-order valence-electron chi connectivity index (χ4n) is 4.72. The van der Waals surface area contributed by atoms with Crippen LogP contribution in [-0.4, -0.2) is 48.9 Å². The van der Waals surface area contributed by atoms with E-state index in [1.807, 2.05) is 62.4 Å². The molecule has 0 saturated heterocycles. The zero-order chi connectivity index (χ0) is 29.1. The molecule has 40 heavy (non-hydrogen) atoms. The predicted molar refractivity (Wildman–Crippen MR) is 153 cm³/mol. The minimum atomic E-state index is -0.981. The highest BCUT2D eigenvalue weighted by molar-refractivity contribution is 5.93. The van der Waals surface area contributed by atoms with Crippen LogP contribution >= 0.6 is 0 Å². The van der Waals surface area contributed by atoms with Crippen LogP contribution in [0.1, 0.15) is 69.2 Å². The number of likely N-dealkylation sites (N-methyl/N-ethyl adjacent to an activating group) is 1. The molecule has 4 atom stereocenters. The molecule has 2 aromatic carbocycles. The van der Waals surface area contributed by atoms with Gasteiger partial charge in [-0.15, -0.1) is 0 Å². The SMILES string of the molecule is CNC(C)C(=O)NC(C(=O)NC(CCC(=O)OCc1ccccc1)C(=O)NC1CCCc2ccccc21)C(C)C. The Kier molecular flexibility index (Phi) is 11.7. The number of aryl methyl sites for hydroxylation is 1. The maximum atomic E-state index is 13.5. The number of rotatable bonds is 13. The minimum absolute atomic E-state index is 0.0536. The van der Waals surface area contributed by atoms with E-state index in [1.54, 1.807) is 14.0 Å². The van der Waals surface area contributed by atoms with Crippen LogP contribution in [0.2, 0.25) is 0 Å². The molecular weight excluding hydrogens is 508 g/mol. The quantitative estimate of drug-likeness (QED) is 0.284. The Balaban J connectivity index is 1.71. The fourth-order valence-corrected chi connectivity index (χ4v) is 4.72. The summed E-state index contributed by atoms with van der Waals surface area (Å²) < 4.78 is 5.39. The van der Waals surface area contributed by atoms with Crippen LogP contribution < -0.4 is 21.3 Å². The highest BCUT2D eigenvalue weighted by Gasteiger charge is 2.31. The second-order valence-electron chi connectivity index (χ2n) is 10.6. The zero-order valence-electron chi connectivity index (χ0n) is 23.9. The lowest BCUT2D eigenvalue weighted by Crippen LogP contribution is -2.57. The second kappa shape index (κ2) is 15.2. The number of fused-ring (bicyclic) bond motifs is 1. The molecule has 216 valence electrons. The normalized spacial score (nSPS) is 16.7. The monoisotopic (exact) mass is 550 g/mol. The number of amides is 3. The lowest BCUT2D eigenvalue weighted by molar-refractivity contribution is -0.145. The molecule has 0 aromatic heterocycles. The van der Waals surface area contributed by atoms with E-state index in [4.69, 9.17) is 4.74 Å². The minimum Gasteiger partial charge on any atom is -0.461 e. The number of benzene rings is 2. The van der Waals surface area contributed by atoms with Gasteiger partial charge in [-0.05, 0) is 62.3 Å². The Morgan fingerprint density at radius 1 is 0.900 bits per heavy atom. The van der Waals surface area contributed by atoms with Gasteiger partial charge in [0.1, 0.15) is 18.7 Å². The third-order valence-electron chi connectivity index (χ3n) is 7.27. The Bertz CT molecular complexity index is 1150.